The molecule has 8 unspecified atom stereocenters. The number of hydrogen-bond acceptors (Lipinski definition) is 16. The first-order chi connectivity index (χ1) is 25.7. The van der Waals surface area contributed by atoms with Crippen molar-refractivity contribution in [2.75, 3.05) is 13.7 Å². The van der Waals surface area contributed by atoms with E-state index in [1.807, 2.05) is 6.92 Å². The van der Waals surface area contributed by atoms with Crippen LogP contribution in [0, 0.1) is 23.2 Å². The molecule has 54 heavy (non-hydrogen) atoms. The summed E-state index contributed by atoms with van der Waals surface area (Å²) in [6, 6.07) is 6.34. The Morgan fingerprint density at radius 2 is 1.72 bits per heavy atom. The van der Waals surface area contributed by atoms with Crippen molar-refractivity contribution in [3.05, 3.63) is 54.0 Å². The van der Waals surface area contributed by atoms with E-state index in [4.69, 9.17) is 37.6 Å². The highest BCUT2D eigenvalue weighted by Gasteiger charge is 2.64. The number of esters is 4. The normalized spacial score (nSPS) is 36.3. The lowest BCUT2D eigenvalue weighted by molar-refractivity contribution is -0.277. The van der Waals surface area contributed by atoms with Crippen LogP contribution in [0.5, 0.6) is 11.5 Å². The Kier molecular flexibility index (Phi) is 11.7. The van der Waals surface area contributed by atoms with E-state index in [9.17, 15) is 39.6 Å². The van der Waals surface area contributed by atoms with Gasteiger partial charge in [0.05, 0.1) is 32.2 Å². The molecule has 13 atom stereocenters. The lowest BCUT2D eigenvalue weighted by atomic mass is 9.49. The third kappa shape index (κ3) is 7.84. The minimum absolute atomic E-state index is 0.0619. The molecule has 2 saturated heterocycles. The van der Waals surface area contributed by atoms with E-state index in [0.29, 0.717) is 30.4 Å². The minimum atomic E-state index is -1.63. The van der Waals surface area contributed by atoms with Gasteiger partial charge in [-0.05, 0) is 54.5 Å². The summed E-state index contributed by atoms with van der Waals surface area (Å²) in [4.78, 5) is 51.8. The SMILES string of the molecule is COc1cc(/C=C/C(=O)OC2CC(OC(C)=O)C(OC(C)=O)C3C2CCC2C(=O)OC(c4ccoc4)CC23C)ccc1O[C@@H]1O[C@H](CO)[C@@H](O)[C@H](O)[C@H]1O. The first-order valence-corrected chi connectivity index (χ1v) is 17.8. The molecule has 2 aliphatic carbocycles. The predicted octanol–water partition coefficient (Wildman–Crippen LogP) is 2.00. The van der Waals surface area contributed by atoms with Gasteiger partial charge in [-0.2, -0.15) is 0 Å². The van der Waals surface area contributed by atoms with Gasteiger partial charge in [0, 0.05) is 43.7 Å². The Morgan fingerprint density at radius 3 is 2.39 bits per heavy atom. The molecule has 3 heterocycles. The number of cyclic esters (lactones) is 1. The van der Waals surface area contributed by atoms with E-state index >= 15 is 0 Å². The lowest BCUT2D eigenvalue weighted by Gasteiger charge is -2.59. The fourth-order valence-electron chi connectivity index (χ4n) is 8.70. The summed E-state index contributed by atoms with van der Waals surface area (Å²) in [5.74, 6) is -3.44. The highest BCUT2D eigenvalue weighted by atomic mass is 16.7. The number of rotatable bonds is 10. The van der Waals surface area contributed by atoms with Crippen LogP contribution >= 0.6 is 0 Å². The van der Waals surface area contributed by atoms with Crippen LogP contribution in [-0.2, 0) is 42.9 Å². The molecule has 294 valence electrons. The predicted molar refractivity (Wildman–Crippen MR) is 182 cm³/mol. The van der Waals surface area contributed by atoms with Gasteiger partial charge in [-0.15, -0.1) is 0 Å². The fraction of sp³-hybridized carbons (Fsp3) is 0.579. The molecule has 0 spiro atoms. The van der Waals surface area contributed by atoms with Crippen LogP contribution in [0.3, 0.4) is 0 Å². The highest BCUT2D eigenvalue weighted by molar-refractivity contribution is 5.87. The second kappa shape index (κ2) is 16.1. The molecule has 0 amide bonds. The largest absolute Gasteiger partial charge is 0.493 e. The summed E-state index contributed by atoms with van der Waals surface area (Å²) in [6.07, 6.45) is -3.64. The Hall–Kier alpha value is -4.48. The van der Waals surface area contributed by atoms with Gasteiger partial charge in [-0.25, -0.2) is 4.79 Å². The standard InChI is InChI=1S/C38H46O16/c1-18(40)49-27-14-25(22-7-8-23-36(46)52-28(21-11-12-48-17-21)15-38(23,3)31(22)35(27)50-19(2)41)51-30(42)10-6-20-5-9-24(26(13-20)47-4)53-37-34(45)33(44)32(43)29(16-39)54-37/h5-6,9-13,17,22-23,25,27-29,31-35,37,39,43-45H,7-8,14-16H2,1-4H3/b10-6+/t22?,23?,25?,27?,28?,29-,31?,32-,33+,34-,35?,37-,38?/m1/s1. The van der Waals surface area contributed by atoms with E-state index < -0.39 is 96.9 Å². The van der Waals surface area contributed by atoms with Crippen molar-refractivity contribution in [2.45, 2.75) is 102 Å². The molecule has 4 fully saturated rings. The van der Waals surface area contributed by atoms with E-state index in [0.717, 1.165) is 0 Å². The van der Waals surface area contributed by atoms with Crippen molar-refractivity contribution in [3.8, 4) is 11.5 Å². The number of methoxy groups -OCH3 is 1. The summed E-state index contributed by atoms with van der Waals surface area (Å²) < 4.78 is 45.4. The van der Waals surface area contributed by atoms with Crippen LogP contribution in [0.4, 0.5) is 0 Å². The molecule has 2 aromatic rings. The second-order valence-electron chi connectivity index (χ2n) is 14.5. The molecule has 16 nitrogen and oxygen atoms in total. The summed E-state index contributed by atoms with van der Waals surface area (Å²) >= 11 is 0. The Balaban J connectivity index is 1.22. The molecule has 4 N–H and O–H groups in total. The maximum atomic E-state index is 13.5. The maximum absolute atomic E-state index is 13.5. The molecular weight excluding hydrogens is 712 g/mol. The summed E-state index contributed by atoms with van der Waals surface area (Å²) in [5, 5.41) is 40.1. The number of aliphatic hydroxyl groups is 4. The van der Waals surface area contributed by atoms with Crippen molar-refractivity contribution >= 4 is 30.0 Å². The van der Waals surface area contributed by atoms with Gasteiger partial charge in [0.15, 0.2) is 11.5 Å². The molecule has 2 aliphatic heterocycles. The number of carbonyl (C=O) groups excluding carboxylic acids is 4. The number of benzene rings is 1. The monoisotopic (exact) mass is 758 g/mol. The van der Waals surface area contributed by atoms with Gasteiger partial charge < -0.3 is 58.0 Å². The number of carbonyl (C=O) groups is 4. The van der Waals surface area contributed by atoms with Crippen molar-refractivity contribution in [2.24, 2.45) is 23.2 Å². The van der Waals surface area contributed by atoms with Crippen molar-refractivity contribution in [1.29, 1.82) is 0 Å². The zero-order chi connectivity index (χ0) is 38.9. The quantitative estimate of drug-likeness (QED) is 0.154. The molecule has 16 heteroatoms. The number of fused-ring (bicyclic) bond motifs is 3. The molecular formula is C38H46O16. The molecule has 1 aromatic heterocycles. The fourth-order valence-corrected chi connectivity index (χ4v) is 8.70. The molecule has 6 rings (SSSR count). The Labute approximate surface area is 310 Å². The zero-order valence-electron chi connectivity index (χ0n) is 30.3. The third-order valence-electron chi connectivity index (χ3n) is 11.1. The first kappa shape index (κ1) is 39.2. The molecule has 0 radical (unpaired) electrons. The van der Waals surface area contributed by atoms with Gasteiger partial charge in [0.1, 0.15) is 48.8 Å². The lowest BCUT2D eigenvalue weighted by Crippen LogP contribution is -2.63. The van der Waals surface area contributed by atoms with Crippen molar-refractivity contribution < 1.29 is 77.2 Å². The van der Waals surface area contributed by atoms with Crippen LogP contribution in [0.15, 0.2) is 47.3 Å². The number of ether oxygens (including phenoxy) is 7. The smallest absolute Gasteiger partial charge is 0.331 e. The van der Waals surface area contributed by atoms with Gasteiger partial charge in [0.25, 0.3) is 0 Å². The first-order valence-electron chi connectivity index (χ1n) is 17.8. The minimum Gasteiger partial charge on any atom is -0.493 e. The summed E-state index contributed by atoms with van der Waals surface area (Å²) in [5.41, 5.74) is 0.369. The summed E-state index contributed by atoms with van der Waals surface area (Å²) in [6.45, 7) is 3.84. The highest BCUT2D eigenvalue weighted by Crippen LogP contribution is 2.61. The molecule has 0 bridgehead atoms. The topological polar surface area (TPSA) is 227 Å². The van der Waals surface area contributed by atoms with Crippen LogP contribution in [0.1, 0.15) is 63.7 Å². The third-order valence-corrected chi connectivity index (χ3v) is 11.1. The average molecular weight is 759 g/mol. The zero-order valence-corrected chi connectivity index (χ0v) is 30.3. The van der Waals surface area contributed by atoms with E-state index in [1.54, 1.807) is 18.2 Å². The Morgan fingerprint density at radius 1 is 0.963 bits per heavy atom. The number of hydrogen-bond donors (Lipinski definition) is 4. The van der Waals surface area contributed by atoms with Crippen LogP contribution < -0.4 is 9.47 Å². The van der Waals surface area contributed by atoms with Crippen molar-refractivity contribution in [3.63, 3.8) is 0 Å². The average Bonchev–Trinajstić information content (AvgIpc) is 3.67. The van der Waals surface area contributed by atoms with Crippen LogP contribution in [0.2, 0.25) is 0 Å². The molecule has 4 aliphatic rings. The van der Waals surface area contributed by atoms with Gasteiger partial charge >= 0.3 is 23.9 Å². The van der Waals surface area contributed by atoms with E-state index in [2.05, 4.69) is 0 Å². The van der Waals surface area contributed by atoms with Crippen LogP contribution in [0.25, 0.3) is 6.08 Å². The second-order valence-corrected chi connectivity index (χ2v) is 14.5. The number of furan rings is 1. The Bertz CT molecular complexity index is 1700. The van der Waals surface area contributed by atoms with Gasteiger partial charge in [-0.3, -0.25) is 14.4 Å². The van der Waals surface area contributed by atoms with Gasteiger partial charge in [0.2, 0.25) is 6.29 Å². The molecule has 2 saturated carbocycles. The number of aliphatic hydroxyl groups excluding tert-OH is 4. The van der Waals surface area contributed by atoms with Crippen molar-refractivity contribution in [1.82, 2.24) is 0 Å². The molecule has 1 aromatic carbocycles. The summed E-state index contributed by atoms with van der Waals surface area (Å²) in [7, 11) is 1.37. The maximum Gasteiger partial charge on any atom is 0.331 e. The van der Waals surface area contributed by atoms with Gasteiger partial charge in [-0.1, -0.05) is 13.0 Å². The van der Waals surface area contributed by atoms with E-state index in [-0.39, 0.29) is 29.8 Å². The van der Waals surface area contributed by atoms with E-state index in [1.165, 1.54) is 51.7 Å². The van der Waals surface area contributed by atoms with Crippen LogP contribution in [-0.4, -0.2) is 107 Å².